The zero-order valence-corrected chi connectivity index (χ0v) is 21.0. The van der Waals surface area contributed by atoms with Gasteiger partial charge in [0.1, 0.15) is 12.2 Å². The maximum atomic E-state index is 13.0. The molecule has 0 spiro atoms. The second kappa shape index (κ2) is 11.7. The molecule has 1 N–H and O–H groups in total. The van der Waals surface area contributed by atoms with Crippen LogP contribution >= 0.6 is 0 Å². The molecule has 0 saturated carbocycles. The van der Waals surface area contributed by atoms with Crippen LogP contribution in [0.5, 0.6) is 11.5 Å². The summed E-state index contributed by atoms with van der Waals surface area (Å²) in [4.78, 5) is 28.8. The van der Waals surface area contributed by atoms with Gasteiger partial charge in [0.15, 0.2) is 23.0 Å². The molecule has 198 valence electrons. The lowest BCUT2D eigenvalue weighted by molar-refractivity contribution is -0.0516. The van der Waals surface area contributed by atoms with Crippen molar-refractivity contribution in [2.75, 3.05) is 7.11 Å². The van der Waals surface area contributed by atoms with Gasteiger partial charge in [-0.1, -0.05) is 30.3 Å². The van der Waals surface area contributed by atoms with Crippen molar-refractivity contribution in [3.05, 3.63) is 65.5 Å². The SMILES string of the molecule is COC(=O)c1nc(-c2ccc(OC(F)F)c(OCc3ccccc3)c2)oc1C(C)NC(=O)OC(C)(C)C. The molecule has 0 saturated heterocycles. The fourth-order valence-electron chi connectivity index (χ4n) is 3.22. The molecule has 0 aliphatic heterocycles. The van der Waals surface area contributed by atoms with Crippen molar-refractivity contribution in [1.82, 2.24) is 10.3 Å². The van der Waals surface area contributed by atoms with Gasteiger partial charge < -0.3 is 28.7 Å². The van der Waals surface area contributed by atoms with Gasteiger partial charge in [-0.3, -0.25) is 0 Å². The summed E-state index contributed by atoms with van der Waals surface area (Å²) in [5, 5.41) is 2.59. The van der Waals surface area contributed by atoms with Crippen molar-refractivity contribution in [2.45, 2.75) is 52.6 Å². The average Bonchev–Trinajstić information content (AvgIpc) is 3.28. The molecule has 1 unspecified atom stereocenters. The summed E-state index contributed by atoms with van der Waals surface area (Å²) in [6.07, 6.45) is -0.723. The second-order valence-electron chi connectivity index (χ2n) is 8.91. The summed E-state index contributed by atoms with van der Waals surface area (Å²) in [5.74, 6) is -0.967. The molecule has 1 heterocycles. The molecule has 0 bridgehead atoms. The Morgan fingerprint density at radius 3 is 2.41 bits per heavy atom. The Balaban J connectivity index is 1.94. The Kier molecular flexibility index (Phi) is 8.69. The van der Waals surface area contributed by atoms with E-state index in [0.29, 0.717) is 5.56 Å². The van der Waals surface area contributed by atoms with Gasteiger partial charge in [-0.25, -0.2) is 14.6 Å². The van der Waals surface area contributed by atoms with E-state index in [-0.39, 0.29) is 35.5 Å². The number of nitrogens with one attached hydrogen (secondary N) is 1. The summed E-state index contributed by atoms with van der Waals surface area (Å²) in [5.41, 5.74) is 0.218. The van der Waals surface area contributed by atoms with Gasteiger partial charge in [0, 0.05) is 5.56 Å². The van der Waals surface area contributed by atoms with Crippen molar-refractivity contribution in [2.24, 2.45) is 0 Å². The van der Waals surface area contributed by atoms with E-state index in [1.807, 2.05) is 30.3 Å². The standard InChI is InChI=1S/C26H28F2N2O7/c1-15(29-25(32)37-26(2,3)4)21-20(23(31)33-5)30-22(36-21)17-11-12-18(35-24(27)28)19(13-17)34-14-16-9-7-6-8-10-16/h6-13,15,24H,14H2,1-5H3,(H,29,32). The lowest BCUT2D eigenvalue weighted by Gasteiger charge is -2.21. The molecule has 0 aliphatic rings. The normalized spacial score (nSPS) is 12.1. The molecule has 37 heavy (non-hydrogen) atoms. The highest BCUT2D eigenvalue weighted by Gasteiger charge is 2.28. The second-order valence-corrected chi connectivity index (χ2v) is 8.91. The van der Waals surface area contributed by atoms with Gasteiger partial charge in [-0.15, -0.1) is 0 Å². The van der Waals surface area contributed by atoms with Crippen LogP contribution in [-0.4, -0.2) is 36.4 Å². The van der Waals surface area contributed by atoms with Gasteiger partial charge in [0.2, 0.25) is 5.89 Å². The summed E-state index contributed by atoms with van der Waals surface area (Å²) < 4.78 is 52.1. The van der Waals surface area contributed by atoms with Crippen LogP contribution in [0.1, 0.15) is 55.5 Å². The Labute approximate surface area is 212 Å². The predicted molar refractivity (Wildman–Crippen MR) is 128 cm³/mol. The van der Waals surface area contributed by atoms with Crippen LogP contribution in [0.3, 0.4) is 0 Å². The number of halogens is 2. The number of alkyl halides is 2. The number of nitrogens with zero attached hydrogens (tertiary/aromatic N) is 1. The third kappa shape index (κ3) is 7.66. The molecule has 1 aromatic heterocycles. The summed E-state index contributed by atoms with van der Waals surface area (Å²) >= 11 is 0. The van der Waals surface area contributed by atoms with Gasteiger partial charge >= 0.3 is 18.7 Å². The molecule has 1 atom stereocenters. The number of hydrogen-bond donors (Lipinski definition) is 1. The fraction of sp³-hybridized carbons (Fsp3) is 0.346. The number of oxazole rings is 1. The first-order valence-electron chi connectivity index (χ1n) is 11.3. The number of hydrogen-bond acceptors (Lipinski definition) is 8. The Bertz CT molecular complexity index is 1220. The minimum Gasteiger partial charge on any atom is -0.485 e. The Morgan fingerprint density at radius 2 is 1.78 bits per heavy atom. The largest absolute Gasteiger partial charge is 0.485 e. The molecule has 0 radical (unpaired) electrons. The van der Waals surface area contributed by atoms with Crippen LogP contribution in [0.25, 0.3) is 11.5 Å². The topological polar surface area (TPSA) is 109 Å². The predicted octanol–water partition coefficient (Wildman–Crippen LogP) is 5.89. The number of esters is 1. The number of rotatable bonds is 9. The zero-order valence-electron chi connectivity index (χ0n) is 21.0. The molecule has 3 rings (SSSR count). The van der Waals surface area contributed by atoms with Crippen LogP contribution in [0, 0.1) is 0 Å². The Hall–Kier alpha value is -4.15. The van der Waals surface area contributed by atoms with Crippen LogP contribution in [0.15, 0.2) is 52.9 Å². The Morgan fingerprint density at radius 1 is 1.08 bits per heavy atom. The molecular formula is C26H28F2N2O7. The van der Waals surface area contributed by atoms with E-state index in [0.717, 1.165) is 5.56 Å². The van der Waals surface area contributed by atoms with Gasteiger partial charge in [0.25, 0.3) is 0 Å². The third-order valence-electron chi connectivity index (χ3n) is 4.80. The monoisotopic (exact) mass is 518 g/mol. The maximum Gasteiger partial charge on any atom is 0.408 e. The van der Waals surface area contributed by atoms with E-state index in [1.165, 1.54) is 25.3 Å². The van der Waals surface area contributed by atoms with E-state index in [1.54, 1.807) is 27.7 Å². The molecule has 9 nitrogen and oxygen atoms in total. The lowest BCUT2D eigenvalue weighted by atomic mass is 10.2. The smallest absolute Gasteiger partial charge is 0.408 e. The number of carbonyl (C=O) groups excluding carboxylic acids is 2. The van der Waals surface area contributed by atoms with Gasteiger partial charge in [0.05, 0.1) is 13.2 Å². The zero-order chi connectivity index (χ0) is 27.2. The molecule has 11 heteroatoms. The van der Waals surface area contributed by atoms with Gasteiger partial charge in [-0.2, -0.15) is 8.78 Å². The van der Waals surface area contributed by atoms with Crippen LogP contribution in [0.2, 0.25) is 0 Å². The van der Waals surface area contributed by atoms with Crippen LogP contribution in [0.4, 0.5) is 13.6 Å². The quantitative estimate of drug-likeness (QED) is 0.349. The number of ether oxygens (including phenoxy) is 4. The van der Waals surface area contributed by atoms with Crippen molar-refractivity contribution >= 4 is 12.1 Å². The van der Waals surface area contributed by atoms with E-state index >= 15 is 0 Å². The molecule has 1 amide bonds. The number of aromatic nitrogens is 1. The highest BCUT2D eigenvalue weighted by Crippen LogP contribution is 2.35. The number of carbonyl (C=O) groups is 2. The van der Waals surface area contributed by atoms with E-state index in [2.05, 4.69) is 15.0 Å². The van der Waals surface area contributed by atoms with E-state index in [4.69, 9.17) is 18.6 Å². The first-order chi connectivity index (χ1) is 17.5. The minimum absolute atomic E-state index is 0.0148. The van der Waals surface area contributed by atoms with Crippen LogP contribution < -0.4 is 14.8 Å². The first-order valence-corrected chi connectivity index (χ1v) is 11.3. The molecular weight excluding hydrogens is 490 g/mol. The van der Waals surface area contributed by atoms with Crippen molar-refractivity contribution in [1.29, 1.82) is 0 Å². The highest BCUT2D eigenvalue weighted by atomic mass is 19.3. The number of alkyl carbamates (subject to hydrolysis) is 1. The minimum atomic E-state index is -3.07. The fourth-order valence-corrected chi connectivity index (χ4v) is 3.22. The maximum absolute atomic E-state index is 13.0. The molecule has 3 aromatic rings. The first kappa shape index (κ1) is 27.4. The molecule has 0 aliphatic carbocycles. The summed E-state index contributed by atoms with van der Waals surface area (Å²) in [6, 6.07) is 12.4. The number of methoxy groups -OCH3 is 1. The average molecular weight is 519 g/mol. The molecule has 0 fully saturated rings. The van der Waals surface area contributed by atoms with E-state index < -0.39 is 30.3 Å². The van der Waals surface area contributed by atoms with Crippen LogP contribution in [-0.2, 0) is 16.1 Å². The number of amides is 1. The molecule has 2 aromatic carbocycles. The van der Waals surface area contributed by atoms with E-state index in [9.17, 15) is 18.4 Å². The van der Waals surface area contributed by atoms with Crippen molar-refractivity contribution < 1.29 is 41.7 Å². The lowest BCUT2D eigenvalue weighted by Crippen LogP contribution is -2.34. The van der Waals surface area contributed by atoms with Crippen molar-refractivity contribution in [3.63, 3.8) is 0 Å². The van der Waals surface area contributed by atoms with Gasteiger partial charge in [-0.05, 0) is 51.5 Å². The highest BCUT2D eigenvalue weighted by molar-refractivity contribution is 5.89. The van der Waals surface area contributed by atoms with Crippen molar-refractivity contribution in [3.8, 4) is 23.0 Å². The third-order valence-corrected chi connectivity index (χ3v) is 4.80. The number of benzene rings is 2. The summed E-state index contributed by atoms with van der Waals surface area (Å²) in [6.45, 7) is 3.73. The summed E-state index contributed by atoms with van der Waals surface area (Å²) in [7, 11) is 1.18.